The number of carbonyl (C=O) groups is 1. The molecule has 0 spiro atoms. The summed E-state index contributed by atoms with van der Waals surface area (Å²) in [5.41, 5.74) is 24.8. The number of hydrogen-bond donors (Lipinski definition) is 4. The molecule has 1 heterocycles. The molecule has 0 aliphatic carbocycles. The topological polar surface area (TPSA) is 159 Å². The van der Waals surface area contributed by atoms with Crippen molar-refractivity contribution in [3.05, 3.63) is 60.2 Å². The molecule has 0 bridgehead atoms. The molecule has 0 aliphatic rings. The molecule has 0 atom stereocenters. The summed E-state index contributed by atoms with van der Waals surface area (Å²) in [4.78, 5) is 24.1. The van der Waals surface area contributed by atoms with Crippen LogP contribution in [0.3, 0.4) is 0 Å². The van der Waals surface area contributed by atoms with Crippen molar-refractivity contribution in [3.8, 4) is 11.3 Å². The molecule has 0 fully saturated rings. The second-order valence-electron chi connectivity index (χ2n) is 5.49. The van der Waals surface area contributed by atoms with Crippen LogP contribution in [-0.2, 0) is 0 Å². The van der Waals surface area contributed by atoms with E-state index in [1.165, 1.54) is 0 Å². The lowest BCUT2D eigenvalue weighted by Crippen LogP contribution is -2.26. The van der Waals surface area contributed by atoms with E-state index in [2.05, 4.69) is 15.0 Å². The molecular weight excluding hydrogens is 330 g/mol. The summed E-state index contributed by atoms with van der Waals surface area (Å²) in [7, 11) is 0. The van der Waals surface area contributed by atoms with Gasteiger partial charge < -0.3 is 22.9 Å². The maximum absolute atomic E-state index is 11.8. The number of para-hydroxylation sites is 1. The third-order valence-corrected chi connectivity index (χ3v) is 3.63. The van der Waals surface area contributed by atoms with E-state index in [1.54, 1.807) is 18.2 Å². The summed E-state index contributed by atoms with van der Waals surface area (Å²) in [5, 5.41) is 0.718. The summed E-state index contributed by atoms with van der Waals surface area (Å²) < 4.78 is 0. The van der Waals surface area contributed by atoms with E-state index in [9.17, 15) is 4.79 Å². The van der Waals surface area contributed by atoms with Gasteiger partial charge in [-0.15, -0.1) is 0 Å². The number of nitrogens with two attached hydrogens (primary N) is 4. The Bertz CT molecular complexity index is 1040. The van der Waals surface area contributed by atoms with Crippen LogP contribution < -0.4 is 22.9 Å². The van der Waals surface area contributed by atoms with Crippen LogP contribution in [0.15, 0.2) is 64.6 Å². The normalized spacial score (nSPS) is 11.3. The Kier molecular flexibility index (Phi) is 4.48. The highest BCUT2D eigenvalue weighted by Crippen LogP contribution is 2.26. The van der Waals surface area contributed by atoms with Crippen molar-refractivity contribution < 1.29 is 4.79 Å². The van der Waals surface area contributed by atoms with E-state index in [4.69, 9.17) is 22.9 Å². The predicted octanol–water partition coefficient (Wildman–Crippen LogP) is 1.22. The second-order valence-corrected chi connectivity index (χ2v) is 5.49. The lowest BCUT2D eigenvalue weighted by molar-refractivity contribution is 0.100. The molecule has 0 aliphatic heterocycles. The molecule has 8 N–H and O–H groups in total. The van der Waals surface area contributed by atoms with Gasteiger partial charge in [-0.1, -0.05) is 30.3 Å². The zero-order chi connectivity index (χ0) is 18.7. The molecule has 2 aromatic carbocycles. The van der Waals surface area contributed by atoms with E-state index in [0.717, 1.165) is 10.9 Å². The lowest BCUT2D eigenvalue weighted by atomic mass is 10.0. The SMILES string of the molecule is NC(=O)c1cc(-c2ccc(N=C(N)N=C(N)N)cc2)nc2ccccc12. The van der Waals surface area contributed by atoms with Crippen LogP contribution in [0.1, 0.15) is 10.4 Å². The number of amides is 1. The summed E-state index contributed by atoms with van der Waals surface area (Å²) in [6.07, 6.45) is 0. The number of rotatable bonds is 3. The number of nitrogens with zero attached hydrogens (tertiary/aromatic N) is 3. The van der Waals surface area contributed by atoms with Crippen molar-refractivity contribution in [2.75, 3.05) is 0 Å². The van der Waals surface area contributed by atoms with E-state index in [-0.39, 0.29) is 11.9 Å². The molecule has 0 saturated heterocycles. The number of pyridine rings is 1. The van der Waals surface area contributed by atoms with Crippen LogP contribution >= 0.6 is 0 Å². The van der Waals surface area contributed by atoms with Gasteiger partial charge in [0.25, 0.3) is 0 Å². The number of aromatic nitrogens is 1. The highest BCUT2D eigenvalue weighted by Gasteiger charge is 2.11. The number of fused-ring (bicyclic) bond motifs is 1. The van der Waals surface area contributed by atoms with E-state index < -0.39 is 5.91 Å². The average molecular weight is 347 g/mol. The van der Waals surface area contributed by atoms with Gasteiger partial charge in [0.15, 0.2) is 5.96 Å². The van der Waals surface area contributed by atoms with Crippen molar-refractivity contribution >= 4 is 34.4 Å². The monoisotopic (exact) mass is 347 g/mol. The number of carbonyl (C=O) groups excluding carboxylic acids is 1. The first-order valence-corrected chi connectivity index (χ1v) is 7.68. The van der Waals surface area contributed by atoms with Gasteiger partial charge >= 0.3 is 0 Å². The minimum absolute atomic E-state index is 0.0439. The molecule has 1 aromatic heterocycles. The highest BCUT2D eigenvalue weighted by molar-refractivity contribution is 6.06. The number of primary amides is 1. The molecule has 1 amide bonds. The first kappa shape index (κ1) is 16.9. The highest BCUT2D eigenvalue weighted by atomic mass is 16.1. The fraction of sp³-hybridized carbons (Fsp3) is 0. The molecule has 8 nitrogen and oxygen atoms in total. The maximum atomic E-state index is 11.8. The Morgan fingerprint density at radius 1 is 0.923 bits per heavy atom. The fourth-order valence-electron chi connectivity index (χ4n) is 2.52. The third-order valence-electron chi connectivity index (χ3n) is 3.63. The molecule has 0 saturated carbocycles. The van der Waals surface area contributed by atoms with Crippen molar-refractivity contribution in [1.29, 1.82) is 0 Å². The van der Waals surface area contributed by atoms with Gasteiger partial charge in [0, 0.05) is 10.9 Å². The standard InChI is InChI=1S/C18H17N7O/c19-16(26)13-9-15(24-14-4-2-1-3-12(13)14)10-5-7-11(8-6-10)23-18(22)25-17(20)21/h1-9H,(H2,19,26)(H6,20,21,22,23,25). The minimum Gasteiger partial charge on any atom is -0.370 e. The predicted molar refractivity (Wildman–Crippen MR) is 103 cm³/mol. The van der Waals surface area contributed by atoms with Crippen LogP contribution in [0.25, 0.3) is 22.2 Å². The Morgan fingerprint density at radius 2 is 1.62 bits per heavy atom. The van der Waals surface area contributed by atoms with Crippen molar-refractivity contribution in [2.24, 2.45) is 32.9 Å². The summed E-state index contributed by atoms with van der Waals surface area (Å²) in [6, 6.07) is 16.1. The van der Waals surface area contributed by atoms with E-state index in [0.29, 0.717) is 22.5 Å². The van der Waals surface area contributed by atoms with Gasteiger partial charge in [-0.2, -0.15) is 4.99 Å². The smallest absolute Gasteiger partial charge is 0.249 e. The average Bonchev–Trinajstić information content (AvgIpc) is 2.60. The molecule has 0 radical (unpaired) electrons. The summed E-state index contributed by atoms with van der Waals surface area (Å²) >= 11 is 0. The molecule has 130 valence electrons. The summed E-state index contributed by atoms with van der Waals surface area (Å²) in [6.45, 7) is 0. The zero-order valence-electron chi connectivity index (χ0n) is 13.8. The molecule has 3 rings (SSSR count). The van der Waals surface area contributed by atoms with Crippen molar-refractivity contribution in [2.45, 2.75) is 0 Å². The summed E-state index contributed by atoms with van der Waals surface area (Å²) in [5.74, 6) is -0.712. The molecule has 0 unspecified atom stereocenters. The Labute approximate surface area is 149 Å². The molecule has 3 aromatic rings. The van der Waals surface area contributed by atoms with Crippen LogP contribution in [0.4, 0.5) is 5.69 Å². The largest absolute Gasteiger partial charge is 0.370 e. The second kappa shape index (κ2) is 6.89. The third kappa shape index (κ3) is 3.59. The van der Waals surface area contributed by atoms with Crippen LogP contribution in [-0.4, -0.2) is 22.8 Å². The number of aliphatic imine (C=N–C) groups is 2. The molecule has 8 heteroatoms. The fourth-order valence-corrected chi connectivity index (χ4v) is 2.52. The number of benzene rings is 2. The maximum Gasteiger partial charge on any atom is 0.249 e. The number of guanidine groups is 2. The Hall–Kier alpha value is -3.94. The first-order chi connectivity index (χ1) is 12.4. The van der Waals surface area contributed by atoms with E-state index >= 15 is 0 Å². The molecule has 26 heavy (non-hydrogen) atoms. The van der Waals surface area contributed by atoms with Crippen LogP contribution in [0, 0.1) is 0 Å². The van der Waals surface area contributed by atoms with Gasteiger partial charge in [-0.05, 0) is 24.3 Å². The minimum atomic E-state index is -0.504. The first-order valence-electron chi connectivity index (χ1n) is 7.68. The van der Waals surface area contributed by atoms with E-state index in [1.807, 2.05) is 36.4 Å². The lowest BCUT2D eigenvalue weighted by Gasteiger charge is -2.08. The Balaban J connectivity index is 2.02. The van der Waals surface area contributed by atoms with Gasteiger partial charge in [0.05, 0.1) is 22.5 Å². The Morgan fingerprint density at radius 3 is 2.27 bits per heavy atom. The van der Waals surface area contributed by atoms with Crippen molar-refractivity contribution in [1.82, 2.24) is 4.98 Å². The van der Waals surface area contributed by atoms with Gasteiger partial charge in [-0.25, -0.2) is 9.98 Å². The zero-order valence-corrected chi connectivity index (χ0v) is 13.8. The van der Waals surface area contributed by atoms with Gasteiger partial charge in [0.1, 0.15) is 0 Å². The quantitative estimate of drug-likeness (QED) is 0.413. The van der Waals surface area contributed by atoms with Crippen LogP contribution in [0.2, 0.25) is 0 Å². The number of hydrogen-bond acceptors (Lipinski definition) is 3. The van der Waals surface area contributed by atoms with Gasteiger partial charge in [0.2, 0.25) is 11.9 Å². The molecular formula is C18H17N7O. The van der Waals surface area contributed by atoms with Gasteiger partial charge in [-0.3, -0.25) is 4.79 Å². The van der Waals surface area contributed by atoms with Crippen molar-refractivity contribution in [3.63, 3.8) is 0 Å². The van der Waals surface area contributed by atoms with Crippen LogP contribution in [0.5, 0.6) is 0 Å².